The Morgan fingerprint density at radius 2 is 2.15 bits per heavy atom. The van der Waals surface area contributed by atoms with Gasteiger partial charge in [-0.25, -0.2) is 0 Å². The number of carbonyl (C=O) groups is 2. The van der Waals surface area contributed by atoms with Crippen LogP contribution in [0.2, 0.25) is 0 Å². The number of hydrogen-bond donors (Lipinski definition) is 2. The molecule has 0 aromatic carbocycles. The summed E-state index contributed by atoms with van der Waals surface area (Å²) in [4.78, 5) is 28.1. The SMILES string of the molecule is CCC(CC)C(=O)N1CC[C@@](C)(O)[C@@H](NC(=O)COC)[C@@H]1c1cccs1. The number of piperidine rings is 1. The van der Waals surface area contributed by atoms with Gasteiger partial charge in [-0.15, -0.1) is 11.3 Å². The minimum absolute atomic E-state index is 0.0455. The molecule has 3 atom stereocenters. The normalized spacial score (nSPS) is 26.2. The monoisotopic (exact) mass is 382 g/mol. The van der Waals surface area contributed by atoms with Crippen LogP contribution in [0.25, 0.3) is 0 Å². The number of hydrogen-bond acceptors (Lipinski definition) is 5. The maximum Gasteiger partial charge on any atom is 0.246 e. The molecule has 0 radical (unpaired) electrons. The molecule has 1 aliphatic heterocycles. The van der Waals surface area contributed by atoms with Crippen molar-refractivity contribution in [3.63, 3.8) is 0 Å². The van der Waals surface area contributed by atoms with Gasteiger partial charge in [0.2, 0.25) is 11.8 Å². The molecule has 2 amide bonds. The Labute approximate surface area is 159 Å². The predicted molar refractivity (Wildman–Crippen MR) is 102 cm³/mol. The number of rotatable bonds is 7. The molecule has 0 unspecified atom stereocenters. The Hall–Kier alpha value is -1.44. The summed E-state index contributed by atoms with van der Waals surface area (Å²) >= 11 is 1.53. The highest BCUT2D eigenvalue weighted by molar-refractivity contribution is 7.10. The number of nitrogens with one attached hydrogen (secondary N) is 1. The van der Waals surface area contributed by atoms with E-state index < -0.39 is 11.6 Å². The topological polar surface area (TPSA) is 78.9 Å². The van der Waals surface area contributed by atoms with Crippen molar-refractivity contribution in [2.75, 3.05) is 20.3 Å². The van der Waals surface area contributed by atoms with Gasteiger partial charge in [-0.1, -0.05) is 19.9 Å². The fourth-order valence-corrected chi connectivity index (χ4v) is 4.51. The van der Waals surface area contributed by atoms with Crippen LogP contribution >= 0.6 is 11.3 Å². The smallest absolute Gasteiger partial charge is 0.246 e. The van der Waals surface area contributed by atoms with Crippen molar-refractivity contribution in [1.29, 1.82) is 0 Å². The average molecular weight is 383 g/mol. The number of thiophene rings is 1. The second kappa shape index (κ2) is 8.97. The summed E-state index contributed by atoms with van der Waals surface area (Å²) in [6.07, 6.45) is 1.97. The van der Waals surface area contributed by atoms with Crippen molar-refractivity contribution in [1.82, 2.24) is 10.2 Å². The summed E-state index contributed by atoms with van der Waals surface area (Å²) in [5.74, 6) is -0.248. The van der Waals surface area contributed by atoms with Crippen LogP contribution in [0.5, 0.6) is 0 Å². The number of ether oxygens (including phenoxy) is 1. The first-order valence-corrected chi connectivity index (χ1v) is 10.1. The van der Waals surface area contributed by atoms with Crippen LogP contribution in [0.3, 0.4) is 0 Å². The van der Waals surface area contributed by atoms with Crippen molar-refractivity contribution in [3.8, 4) is 0 Å². The molecule has 1 aromatic rings. The summed E-state index contributed by atoms with van der Waals surface area (Å²) in [6, 6.07) is 2.92. The van der Waals surface area contributed by atoms with Gasteiger partial charge in [0.25, 0.3) is 0 Å². The largest absolute Gasteiger partial charge is 0.388 e. The molecule has 0 saturated carbocycles. The van der Waals surface area contributed by atoms with E-state index in [0.29, 0.717) is 13.0 Å². The van der Waals surface area contributed by atoms with Crippen LogP contribution in [-0.4, -0.2) is 53.7 Å². The van der Waals surface area contributed by atoms with Gasteiger partial charge >= 0.3 is 0 Å². The Balaban J connectivity index is 2.40. The second-order valence-corrected chi connectivity index (χ2v) is 8.07. The molecule has 1 fully saturated rings. The molecule has 146 valence electrons. The predicted octanol–water partition coefficient (Wildman–Crippen LogP) is 2.34. The highest BCUT2D eigenvalue weighted by atomic mass is 32.1. The first-order chi connectivity index (χ1) is 12.4. The summed E-state index contributed by atoms with van der Waals surface area (Å²) in [6.45, 7) is 6.16. The van der Waals surface area contributed by atoms with Crippen molar-refractivity contribution >= 4 is 23.2 Å². The molecule has 26 heavy (non-hydrogen) atoms. The van der Waals surface area contributed by atoms with Crippen molar-refractivity contribution in [2.24, 2.45) is 5.92 Å². The molecular formula is C19H30N2O4S. The van der Waals surface area contributed by atoms with Crippen LogP contribution in [-0.2, 0) is 14.3 Å². The first kappa shape index (κ1) is 20.9. The number of nitrogens with zero attached hydrogens (tertiary/aromatic N) is 1. The third-order valence-electron chi connectivity index (χ3n) is 5.22. The van der Waals surface area contributed by atoms with Gasteiger partial charge in [-0.2, -0.15) is 0 Å². The van der Waals surface area contributed by atoms with E-state index in [1.165, 1.54) is 18.4 Å². The zero-order chi connectivity index (χ0) is 19.3. The fraction of sp³-hybridized carbons (Fsp3) is 0.684. The number of likely N-dealkylation sites (tertiary alicyclic amines) is 1. The van der Waals surface area contributed by atoms with Gasteiger partial charge in [-0.3, -0.25) is 9.59 Å². The van der Waals surface area contributed by atoms with Crippen LogP contribution < -0.4 is 5.32 Å². The van der Waals surface area contributed by atoms with Crippen LogP contribution in [0.15, 0.2) is 17.5 Å². The third-order valence-corrected chi connectivity index (χ3v) is 6.17. The van der Waals surface area contributed by atoms with E-state index in [1.807, 2.05) is 36.3 Å². The minimum atomic E-state index is -1.11. The van der Waals surface area contributed by atoms with Crippen LogP contribution in [0, 0.1) is 5.92 Å². The fourth-order valence-electron chi connectivity index (χ4n) is 3.64. The summed E-state index contributed by atoms with van der Waals surface area (Å²) < 4.78 is 4.91. The first-order valence-electron chi connectivity index (χ1n) is 9.20. The van der Waals surface area contributed by atoms with E-state index in [0.717, 1.165) is 17.7 Å². The van der Waals surface area contributed by atoms with E-state index in [4.69, 9.17) is 4.74 Å². The molecule has 6 nitrogen and oxygen atoms in total. The van der Waals surface area contributed by atoms with Crippen molar-refractivity contribution in [2.45, 2.75) is 57.7 Å². The Bertz CT molecular complexity index is 599. The Morgan fingerprint density at radius 3 is 2.69 bits per heavy atom. The van der Waals surface area contributed by atoms with Crippen molar-refractivity contribution < 1.29 is 19.4 Å². The second-order valence-electron chi connectivity index (χ2n) is 7.09. The van der Waals surface area contributed by atoms with E-state index in [1.54, 1.807) is 6.92 Å². The highest BCUT2D eigenvalue weighted by Crippen LogP contribution is 2.39. The van der Waals surface area contributed by atoms with Gasteiger partial charge in [0, 0.05) is 24.4 Å². The van der Waals surface area contributed by atoms with Crippen molar-refractivity contribution in [3.05, 3.63) is 22.4 Å². The van der Waals surface area contributed by atoms with Gasteiger partial charge in [0.05, 0.1) is 17.7 Å². The van der Waals surface area contributed by atoms with E-state index in [9.17, 15) is 14.7 Å². The molecule has 2 N–H and O–H groups in total. The maximum absolute atomic E-state index is 13.1. The van der Waals surface area contributed by atoms with Gasteiger partial charge in [0.15, 0.2) is 0 Å². The lowest BCUT2D eigenvalue weighted by Gasteiger charge is -2.49. The number of aliphatic hydroxyl groups is 1. The number of methoxy groups -OCH3 is 1. The summed E-state index contributed by atoms with van der Waals surface area (Å²) in [7, 11) is 1.46. The molecule has 1 saturated heterocycles. The van der Waals surface area contributed by atoms with E-state index >= 15 is 0 Å². The van der Waals surface area contributed by atoms with Gasteiger partial charge in [0.1, 0.15) is 6.61 Å². The molecule has 1 aromatic heterocycles. The summed E-state index contributed by atoms with van der Waals surface area (Å²) in [5, 5.41) is 15.8. The molecule has 0 spiro atoms. The van der Waals surface area contributed by atoms with Crippen LogP contribution in [0.1, 0.15) is 51.0 Å². The Morgan fingerprint density at radius 1 is 1.46 bits per heavy atom. The molecule has 2 heterocycles. The number of carbonyl (C=O) groups excluding carboxylic acids is 2. The van der Waals surface area contributed by atoms with E-state index in [-0.39, 0.29) is 30.4 Å². The molecular weight excluding hydrogens is 352 g/mol. The third kappa shape index (κ3) is 4.45. The zero-order valence-electron chi connectivity index (χ0n) is 16.0. The Kier molecular flexibility index (Phi) is 7.20. The average Bonchev–Trinajstić information content (AvgIpc) is 3.11. The molecule has 0 bridgehead atoms. The maximum atomic E-state index is 13.1. The standard InChI is InChI=1S/C19H30N2O4S/c1-5-13(6-2)18(23)21-10-9-19(3,24)17(20-15(22)12-25-4)16(21)14-8-7-11-26-14/h7-8,11,13,16-17,24H,5-6,9-10,12H2,1-4H3,(H,20,22)/t16-,17-,19+/m0/s1. The van der Waals surface area contributed by atoms with Gasteiger partial charge in [-0.05, 0) is 37.6 Å². The lowest BCUT2D eigenvalue weighted by Crippen LogP contribution is -2.64. The molecule has 1 aliphatic rings. The molecule has 2 rings (SSSR count). The molecule has 0 aliphatic carbocycles. The van der Waals surface area contributed by atoms with E-state index in [2.05, 4.69) is 5.32 Å². The molecule has 7 heteroatoms. The summed E-state index contributed by atoms with van der Waals surface area (Å²) in [5.41, 5.74) is -1.11. The highest BCUT2D eigenvalue weighted by Gasteiger charge is 2.48. The van der Waals surface area contributed by atoms with Gasteiger partial charge < -0.3 is 20.1 Å². The quantitative estimate of drug-likeness (QED) is 0.759. The van der Waals surface area contributed by atoms with Crippen LogP contribution in [0.4, 0.5) is 0 Å². The number of amides is 2. The zero-order valence-corrected chi connectivity index (χ0v) is 16.8. The minimum Gasteiger partial charge on any atom is -0.388 e. The lowest BCUT2D eigenvalue weighted by molar-refractivity contribution is -0.150. The lowest BCUT2D eigenvalue weighted by atomic mass is 9.81.